The van der Waals surface area contributed by atoms with Crippen LogP contribution in [0.3, 0.4) is 0 Å². The van der Waals surface area contributed by atoms with E-state index in [1.54, 1.807) is 6.08 Å². The fourth-order valence-electron chi connectivity index (χ4n) is 2.54. The van der Waals surface area contributed by atoms with Crippen LogP contribution in [-0.2, 0) is 20.9 Å². The van der Waals surface area contributed by atoms with Crippen LogP contribution >= 0.6 is 39.9 Å². The molecule has 0 bridgehead atoms. The highest BCUT2D eigenvalue weighted by atomic mass is 79.9. The Morgan fingerprint density at radius 1 is 1.14 bits per heavy atom. The van der Waals surface area contributed by atoms with Gasteiger partial charge in [0.1, 0.15) is 10.9 Å². The Labute approximate surface area is 187 Å². The molecule has 2 aromatic rings. The van der Waals surface area contributed by atoms with Crippen LogP contribution in [0.1, 0.15) is 17.5 Å². The molecule has 0 N–H and O–H groups in total. The van der Waals surface area contributed by atoms with Crippen molar-refractivity contribution < 1.29 is 14.3 Å². The van der Waals surface area contributed by atoms with Gasteiger partial charge in [-0.1, -0.05) is 94.5 Å². The predicted molar refractivity (Wildman–Crippen MR) is 124 cm³/mol. The van der Waals surface area contributed by atoms with Crippen LogP contribution in [0.15, 0.2) is 76.1 Å². The molecule has 0 aromatic heterocycles. The number of esters is 1. The lowest BCUT2D eigenvalue weighted by molar-refractivity contribution is -0.145. The van der Waals surface area contributed by atoms with Crippen molar-refractivity contribution in [2.75, 3.05) is 6.54 Å². The van der Waals surface area contributed by atoms with E-state index in [-0.39, 0.29) is 31.4 Å². The molecule has 2 aromatic carbocycles. The SMILES string of the molecule is O=C(CCN1C(=O)/C(=C/C=C/c2ccccc2)SC1=S)OCc1ccc(Br)cc1. The molecule has 0 spiro atoms. The highest BCUT2D eigenvalue weighted by Crippen LogP contribution is 2.31. The molecule has 1 heterocycles. The summed E-state index contributed by atoms with van der Waals surface area (Å²) in [7, 11) is 0. The summed E-state index contributed by atoms with van der Waals surface area (Å²) in [6, 6.07) is 17.4. The quantitative estimate of drug-likeness (QED) is 0.299. The molecule has 1 aliphatic heterocycles. The lowest BCUT2D eigenvalue weighted by Crippen LogP contribution is -2.30. The summed E-state index contributed by atoms with van der Waals surface area (Å²) in [5.41, 5.74) is 1.95. The van der Waals surface area contributed by atoms with E-state index in [2.05, 4.69) is 15.9 Å². The van der Waals surface area contributed by atoms with Gasteiger partial charge in [-0.25, -0.2) is 0 Å². The van der Waals surface area contributed by atoms with Crippen molar-refractivity contribution in [3.05, 3.63) is 87.3 Å². The molecule has 1 amide bonds. The molecule has 1 aliphatic rings. The Kier molecular flexibility index (Phi) is 7.80. The number of hydrogen-bond acceptors (Lipinski definition) is 5. The standard InChI is InChI=1S/C22H18BrNO3S2/c23-18-11-9-17(10-12-18)15-27-20(25)13-14-24-21(26)19(29-22(24)28)8-4-7-16-5-2-1-3-6-16/h1-12H,13-15H2/b7-4+,19-8-. The smallest absolute Gasteiger partial charge is 0.307 e. The Balaban J connectivity index is 1.49. The topological polar surface area (TPSA) is 46.6 Å². The average molecular weight is 488 g/mol. The number of halogens is 1. The second-order valence-corrected chi connectivity index (χ2v) is 8.75. The monoisotopic (exact) mass is 487 g/mol. The van der Waals surface area contributed by atoms with Crippen LogP contribution in [0.2, 0.25) is 0 Å². The first-order valence-electron chi connectivity index (χ1n) is 8.90. The van der Waals surface area contributed by atoms with Gasteiger partial charge in [-0.05, 0) is 29.3 Å². The number of ether oxygens (including phenoxy) is 1. The van der Waals surface area contributed by atoms with Crippen molar-refractivity contribution in [1.82, 2.24) is 4.90 Å². The van der Waals surface area contributed by atoms with E-state index in [1.807, 2.05) is 66.7 Å². The molecule has 3 rings (SSSR count). The van der Waals surface area contributed by atoms with E-state index >= 15 is 0 Å². The molecule has 1 fully saturated rings. The fraction of sp³-hybridized carbons (Fsp3) is 0.136. The molecule has 0 unspecified atom stereocenters. The second kappa shape index (κ2) is 10.5. The van der Waals surface area contributed by atoms with Gasteiger partial charge >= 0.3 is 5.97 Å². The lowest BCUT2D eigenvalue weighted by atomic mass is 10.2. The molecule has 1 saturated heterocycles. The molecular weight excluding hydrogens is 470 g/mol. The number of carbonyl (C=O) groups excluding carboxylic acids is 2. The summed E-state index contributed by atoms with van der Waals surface area (Å²) in [5, 5.41) is 0. The summed E-state index contributed by atoms with van der Waals surface area (Å²) in [5.74, 6) is -0.548. The van der Waals surface area contributed by atoms with Gasteiger partial charge in [0.05, 0.1) is 11.3 Å². The minimum absolute atomic E-state index is 0.0934. The van der Waals surface area contributed by atoms with E-state index in [0.717, 1.165) is 15.6 Å². The summed E-state index contributed by atoms with van der Waals surface area (Å²) >= 11 is 9.90. The van der Waals surface area contributed by atoms with E-state index in [1.165, 1.54) is 16.7 Å². The fourth-order valence-corrected chi connectivity index (χ4v) is 4.06. The molecule has 0 aliphatic carbocycles. The van der Waals surface area contributed by atoms with E-state index in [4.69, 9.17) is 17.0 Å². The largest absolute Gasteiger partial charge is 0.461 e. The van der Waals surface area contributed by atoms with E-state index in [9.17, 15) is 9.59 Å². The normalized spacial score (nSPS) is 15.5. The number of carbonyl (C=O) groups is 2. The third kappa shape index (κ3) is 6.39. The van der Waals surface area contributed by atoms with Crippen LogP contribution in [-0.4, -0.2) is 27.6 Å². The van der Waals surface area contributed by atoms with Gasteiger partial charge in [0.2, 0.25) is 0 Å². The number of hydrogen-bond donors (Lipinski definition) is 0. The highest BCUT2D eigenvalue weighted by Gasteiger charge is 2.31. The van der Waals surface area contributed by atoms with Crippen molar-refractivity contribution in [2.24, 2.45) is 0 Å². The van der Waals surface area contributed by atoms with Crippen molar-refractivity contribution >= 4 is 62.2 Å². The van der Waals surface area contributed by atoms with Crippen LogP contribution in [0.25, 0.3) is 6.08 Å². The van der Waals surface area contributed by atoms with Gasteiger partial charge in [0.15, 0.2) is 0 Å². The number of allylic oxidation sites excluding steroid dienone is 2. The first-order valence-corrected chi connectivity index (χ1v) is 10.9. The van der Waals surface area contributed by atoms with Crippen molar-refractivity contribution in [3.8, 4) is 0 Å². The first-order chi connectivity index (χ1) is 14.0. The van der Waals surface area contributed by atoms with Crippen LogP contribution in [0, 0.1) is 0 Å². The van der Waals surface area contributed by atoms with Gasteiger partial charge < -0.3 is 4.74 Å². The molecule has 148 valence electrons. The van der Waals surface area contributed by atoms with Crippen molar-refractivity contribution in [3.63, 3.8) is 0 Å². The molecule has 29 heavy (non-hydrogen) atoms. The second-order valence-electron chi connectivity index (χ2n) is 6.16. The minimum Gasteiger partial charge on any atom is -0.461 e. The zero-order valence-electron chi connectivity index (χ0n) is 15.4. The van der Waals surface area contributed by atoms with Crippen LogP contribution in [0.5, 0.6) is 0 Å². The number of thioether (sulfide) groups is 1. The molecule has 0 saturated carbocycles. The number of thiocarbonyl (C=S) groups is 1. The maximum atomic E-state index is 12.5. The summed E-state index contributed by atoms with van der Waals surface area (Å²) < 4.78 is 6.69. The maximum Gasteiger partial charge on any atom is 0.307 e. The first kappa shape index (κ1) is 21.5. The minimum atomic E-state index is -0.366. The maximum absolute atomic E-state index is 12.5. The molecule has 0 atom stereocenters. The predicted octanol–water partition coefficient (Wildman–Crippen LogP) is 5.34. The average Bonchev–Trinajstić information content (AvgIpc) is 2.99. The Morgan fingerprint density at radius 2 is 1.86 bits per heavy atom. The molecular formula is C22H18BrNO3S2. The Morgan fingerprint density at radius 3 is 2.59 bits per heavy atom. The van der Waals surface area contributed by atoms with E-state index < -0.39 is 0 Å². The Bertz CT molecular complexity index is 956. The third-order valence-electron chi connectivity index (χ3n) is 4.06. The summed E-state index contributed by atoms with van der Waals surface area (Å²) in [4.78, 5) is 26.6. The number of nitrogens with zero attached hydrogens (tertiary/aromatic N) is 1. The zero-order valence-corrected chi connectivity index (χ0v) is 18.6. The molecule has 7 heteroatoms. The van der Waals surface area contributed by atoms with Crippen LogP contribution in [0.4, 0.5) is 0 Å². The van der Waals surface area contributed by atoms with Gasteiger partial charge in [0.25, 0.3) is 5.91 Å². The third-order valence-corrected chi connectivity index (χ3v) is 5.99. The number of rotatable bonds is 7. The van der Waals surface area contributed by atoms with Gasteiger partial charge in [-0.2, -0.15) is 0 Å². The summed E-state index contributed by atoms with van der Waals surface area (Å²) in [6.07, 6.45) is 5.59. The van der Waals surface area contributed by atoms with Gasteiger partial charge in [0, 0.05) is 11.0 Å². The van der Waals surface area contributed by atoms with E-state index in [0.29, 0.717) is 9.23 Å². The highest BCUT2D eigenvalue weighted by molar-refractivity contribution is 9.10. The lowest BCUT2D eigenvalue weighted by Gasteiger charge is -2.13. The van der Waals surface area contributed by atoms with Crippen molar-refractivity contribution in [1.29, 1.82) is 0 Å². The zero-order chi connectivity index (χ0) is 20.6. The number of amides is 1. The van der Waals surface area contributed by atoms with Gasteiger partial charge in [-0.15, -0.1) is 0 Å². The molecule has 4 nitrogen and oxygen atoms in total. The molecule has 0 radical (unpaired) electrons. The Hall–Kier alpha value is -2.22. The summed E-state index contributed by atoms with van der Waals surface area (Å²) in [6.45, 7) is 0.415. The van der Waals surface area contributed by atoms with Crippen LogP contribution < -0.4 is 0 Å². The number of benzene rings is 2. The van der Waals surface area contributed by atoms with Crippen molar-refractivity contribution in [2.45, 2.75) is 13.0 Å². The van der Waals surface area contributed by atoms with Gasteiger partial charge in [-0.3, -0.25) is 14.5 Å².